The van der Waals surface area contributed by atoms with Gasteiger partial charge in [-0.15, -0.1) is 0 Å². The second kappa shape index (κ2) is 113. The molecular formula is C4H40B8Na4O24+2. The molecule has 0 aromatic rings. The van der Waals surface area contributed by atoms with E-state index in [4.69, 9.17) is 36.5 Å². The minimum absolute atomic E-state index is 0. The normalized spacial score (nSPS) is 4.95. The zero-order valence-electron chi connectivity index (χ0n) is 19.5. The molecule has 0 bridgehead atoms. The van der Waals surface area contributed by atoms with Crippen molar-refractivity contribution in [3.05, 3.63) is 0 Å². The molecule has 0 heterocycles. The van der Waals surface area contributed by atoms with E-state index < -0.39 is 26.8 Å². The second-order valence-corrected chi connectivity index (χ2v) is 2.85. The van der Waals surface area contributed by atoms with Crippen molar-refractivity contribution in [1.29, 1.82) is 0 Å². The van der Waals surface area contributed by atoms with Crippen LogP contribution >= 0.6 is 0 Å². The number of hydrogen-bond acceptors (Lipinski definition) is 14. The van der Waals surface area contributed by atoms with Crippen molar-refractivity contribution in [3.8, 4) is 0 Å². The molecule has 0 spiro atoms. The smallest absolute Gasteiger partial charge is 1.00 e. The maximum absolute atomic E-state index is 9.94. The van der Waals surface area contributed by atoms with Gasteiger partial charge in [0.25, 0.3) is 0 Å². The predicted molar refractivity (Wildman–Crippen MR) is 130 cm³/mol. The quantitative estimate of drug-likeness (QED) is 0.0865. The standard InChI is InChI=1S/4CH4.2B4H2O7.4Na.10H2O/c;;;;2*1-3(2-5)4(8-10-6)9-11-7;;;;;;;;;;;;;;/h4*1H4;2*6-7H;;;;;10*1H2/q;;;;2*-1;4*+1;;;;;;;;;;. The van der Waals surface area contributed by atoms with Gasteiger partial charge in [-0.2, -0.15) is 0 Å². The Morgan fingerprint density at radius 3 is 0.625 bits per heavy atom. The summed E-state index contributed by atoms with van der Waals surface area (Å²) in [5.74, 6) is 0. The third-order valence-corrected chi connectivity index (χ3v) is 1.49. The fraction of sp³-hybridized carbons (Fsp3) is 1.00. The van der Waals surface area contributed by atoms with Crippen molar-refractivity contribution in [2.45, 2.75) is 29.7 Å². The summed E-state index contributed by atoms with van der Waals surface area (Å²) in [4.78, 5) is 15.3. The van der Waals surface area contributed by atoms with Gasteiger partial charge < -0.3 is 54.8 Å². The molecular weight excluding hydrogens is 610 g/mol. The van der Waals surface area contributed by atoms with Crippen LogP contribution in [0.3, 0.4) is 0 Å². The molecule has 0 aromatic carbocycles. The Balaban J connectivity index is -0.00000000766. The Morgan fingerprint density at radius 2 is 0.550 bits per heavy atom. The minimum Gasteiger partial charge on any atom is 1.00 e. The van der Waals surface area contributed by atoms with E-state index in [1.54, 1.807) is 0 Å². The number of rotatable bonds is 12. The fourth-order valence-corrected chi connectivity index (χ4v) is 0.587. The Hall–Kier alpha value is 3.24. The van der Waals surface area contributed by atoms with E-state index in [9.17, 15) is 9.41 Å². The molecule has 0 aliphatic rings. The molecule has 0 aliphatic carbocycles. The van der Waals surface area contributed by atoms with Crippen molar-refractivity contribution in [1.82, 2.24) is 0 Å². The monoisotopic (exact) mass is 652 g/mol. The fourth-order valence-electron chi connectivity index (χ4n) is 0.587. The Morgan fingerprint density at radius 1 is 0.425 bits per heavy atom. The Bertz CT molecular complexity index is 265. The molecule has 0 atom stereocenters. The summed E-state index contributed by atoms with van der Waals surface area (Å²) in [7, 11) is 7.38. The molecule has 24 N–H and O–H groups in total. The summed E-state index contributed by atoms with van der Waals surface area (Å²) < 4.78 is 19.9. The number of hydrogen-bond donors (Lipinski definition) is 4. The third kappa shape index (κ3) is 90.0. The molecule has 6 radical (unpaired) electrons. The average Bonchev–Trinajstić information content (AvgIpc) is 2.53. The van der Waals surface area contributed by atoms with Gasteiger partial charge >= 0.3 is 244 Å². The van der Waals surface area contributed by atoms with Gasteiger partial charge in [0.05, 0.1) is 0 Å². The largest absolute Gasteiger partial charge is 1.00 e. The first kappa shape index (κ1) is 143. The van der Waals surface area contributed by atoms with Crippen LogP contribution in [-0.2, 0) is 48.8 Å². The van der Waals surface area contributed by atoms with Crippen molar-refractivity contribution in [3.63, 3.8) is 0 Å². The van der Waals surface area contributed by atoms with Gasteiger partial charge in [0, 0.05) is 0 Å². The molecule has 0 aliphatic heterocycles. The van der Waals surface area contributed by atoms with Crippen molar-refractivity contribution in [2.24, 2.45) is 0 Å². The molecule has 0 aromatic heterocycles. The summed E-state index contributed by atoms with van der Waals surface area (Å²) in [6.45, 7) is 0. The van der Waals surface area contributed by atoms with Crippen LogP contribution in [0.4, 0.5) is 0 Å². The molecule has 0 saturated heterocycles. The molecule has 226 valence electrons. The zero-order valence-corrected chi connectivity index (χ0v) is 27.5. The summed E-state index contributed by atoms with van der Waals surface area (Å²) in [6, 6.07) is 0. The summed E-state index contributed by atoms with van der Waals surface area (Å²) in [6.07, 6.45) is -2.51. The first-order chi connectivity index (χ1) is 10.5. The summed E-state index contributed by atoms with van der Waals surface area (Å²) >= 11 is 0. The van der Waals surface area contributed by atoms with E-state index in [1.165, 1.54) is 0 Å². The second-order valence-electron chi connectivity index (χ2n) is 2.85. The zero-order chi connectivity index (χ0) is 17.4. The van der Waals surface area contributed by atoms with Crippen LogP contribution in [0.25, 0.3) is 0 Å². The Labute approximate surface area is 325 Å². The maximum atomic E-state index is 9.94. The van der Waals surface area contributed by atoms with Gasteiger partial charge in [0.15, 0.2) is 0 Å². The molecule has 24 nitrogen and oxygen atoms in total. The van der Waals surface area contributed by atoms with Crippen molar-refractivity contribution >= 4 is 56.3 Å². The van der Waals surface area contributed by atoms with Crippen LogP contribution in [0.5, 0.6) is 0 Å². The molecule has 0 amide bonds. The van der Waals surface area contributed by atoms with Crippen LogP contribution in [0.15, 0.2) is 0 Å². The first-order valence-electron chi connectivity index (χ1n) is 4.81. The van der Waals surface area contributed by atoms with Crippen LogP contribution < -0.4 is 118 Å². The molecule has 0 fully saturated rings. The molecule has 40 heavy (non-hydrogen) atoms. The van der Waals surface area contributed by atoms with Gasteiger partial charge in [-0.1, -0.05) is 29.7 Å². The summed E-state index contributed by atoms with van der Waals surface area (Å²) in [5, 5.41) is 43.3. The molecule has 0 rings (SSSR count). The van der Waals surface area contributed by atoms with Gasteiger partial charge in [0.2, 0.25) is 0 Å². The summed E-state index contributed by atoms with van der Waals surface area (Å²) in [5.41, 5.74) is 0. The topological polar surface area (TPSA) is 504 Å². The Kier molecular flexibility index (Phi) is 403. The van der Waals surface area contributed by atoms with E-state index in [1.807, 2.05) is 0 Å². The van der Waals surface area contributed by atoms with E-state index >= 15 is 0 Å². The van der Waals surface area contributed by atoms with Crippen molar-refractivity contribution in [2.75, 3.05) is 0 Å². The van der Waals surface area contributed by atoms with Gasteiger partial charge in [-0.25, -0.2) is 0 Å². The average molecular weight is 651 g/mol. The van der Waals surface area contributed by atoms with Gasteiger partial charge in [0.1, 0.15) is 0 Å². The predicted octanol–water partition coefficient (Wildman–Crippen LogP) is -21.5. The van der Waals surface area contributed by atoms with E-state index in [2.05, 4.69) is 39.4 Å². The SMILES string of the molecule is C.C.C.C.O.O.O.O.O.O.O.O.O.O.[B-]B(B=O)B(OOO)OOO.[B-]B(B=O)B(OOO)OOO.[Na+].[Na+].[Na+].[Na+]. The van der Waals surface area contributed by atoms with E-state index in [0.29, 0.717) is 0 Å². The van der Waals surface area contributed by atoms with Crippen LogP contribution in [0.1, 0.15) is 29.7 Å². The molecule has 0 unspecified atom stereocenters. The van der Waals surface area contributed by atoms with Crippen LogP contribution in [0, 0.1) is 0 Å². The van der Waals surface area contributed by atoms with Crippen LogP contribution in [-0.4, -0.2) is 132 Å². The molecule has 0 saturated carbocycles. The van der Waals surface area contributed by atoms with Gasteiger partial charge in [-0.05, 0) is 0 Å². The van der Waals surface area contributed by atoms with Crippen molar-refractivity contribution < 1.29 is 243 Å². The van der Waals surface area contributed by atoms with E-state index in [0.717, 1.165) is 0 Å². The van der Waals surface area contributed by atoms with Gasteiger partial charge in [-0.3, -0.25) is 0 Å². The van der Waals surface area contributed by atoms with E-state index in [-0.39, 0.29) is 217 Å². The first-order valence-corrected chi connectivity index (χ1v) is 4.81. The minimum atomic E-state index is -1.54. The molecule has 36 heteroatoms. The maximum Gasteiger partial charge on any atom is 1.00 e. The third-order valence-electron chi connectivity index (χ3n) is 1.49. The van der Waals surface area contributed by atoms with Crippen LogP contribution in [0.2, 0.25) is 0 Å².